The lowest BCUT2D eigenvalue weighted by Crippen LogP contribution is -2.05. The smallest absolute Gasteiger partial charge is 0.0643 e. The van der Waals surface area contributed by atoms with Gasteiger partial charge in [-0.25, -0.2) is 0 Å². The summed E-state index contributed by atoms with van der Waals surface area (Å²) in [6.07, 6.45) is 0. The second kappa shape index (κ2) is 2.84. The molecule has 0 unspecified atom stereocenters. The van der Waals surface area contributed by atoms with Crippen molar-refractivity contribution >= 4 is 0 Å². The molecule has 0 fully saturated rings. The fraction of sp³-hybridized carbons (Fsp3) is 0.571. The molecular weight excluding hydrogens is 128 g/mol. The van der Waals surface area contributed by atoms with Crippen LogP contribution >= 0.6 is 0 Å². The largest absolute Gasteiger partial charge is 0.394 e. The molecule has 0 saturated carbocycles. The Bertz CT molecular complexity index is 217. The summed E-state index contributed by atoms with van der Waals surface area (Å²) in [4.78, 5) is 0. The van der Waals surface area contributed by atoms with E-state index in [0.717, 1.165) is 11.4 Å². The third-order valence-electron chi connectivity index (χ3n) is 1.42. The zero-order chi connectivity index (χ0) is 7.56. The first-order chi connectivity index (χ1) is 4.74. The molecule has 3 nitrogen and oxygen atoms in total. The fourth-order valence-corrected chi connectivity index (χ4v) is 0.996. The molecule has 1 N–H and O–H groups in total. The Labute approximate surface area is 60.3 Å². The van der Waals surface area contributed by atoms with Gasteiger partial charge in [0.05, 0.1) is 18.8 Å². The third-order valence-corrected chi connectivity index (χ3v) is 1.42. The molecule has 0 radical (unpaired) electrons. The highest BCUT2D eigenvalue weighted by atomic mass is 16.3. The van der Waals surface area contributed by atoms with Gasteiger partial charge in [0.2, 0.25) is 0 Å². The van der Waals surface area contributed by atoms with E-state index in [1.54, 1.807) is 4.68 Å². The van der Waals surface area contributed by atoms with Gasteiger partial charge in [0.15, 0.2) is 0 Å². The first-order valence-electron chi connectivity index (χ1n) is 3.36. The number of nitrogens with zero attached hydrogens (tertiary/aromatic N) is 2. The van der Waals surface area contributed by atoms with Crippen molar-refractivity contribution in [2.24, 2.45) is 0 Å². The number of hydrogen-bond donors (Lipinski definition) is 1. The van der Waals surface area contributed by atoms with Crippen molar-refractivity contribution in [2.45, 2.75) is 20.4 Å². The van der Waals surface area contributed by atoms with E-state index >= 15 is 0 Å². The highest BCUT2D eigenvalue weighted by Crippen LogP contribution is 2.00. The Balaban J connectivity index is 2.81. The number of hydrogen-bond acceptors (Lipinski definition) is 2. The van der Waals surface area contributed by atoms with Crippen LogP contribution in [0.2, 0.25) is 0 Å². The van der Waals surface area contributed by atoms with Gasteiger partial charge in [-0.1, -0.05) is 0 Å². The van der Waals surface area contributed by atoms with Crippen LogP contribution < -0.4 is 0 Å². The highest BCUT2D eigenvalue weighted by molar-refractivity contribution is 5.06. The molecule has 0 spiro atoms. The van der Waals surface area contributed by atoms with E-state index < -0.39 is 0 Å². The number of aromatic nitrogens is 2. The molecule has 0 amide bonds. The Kier molecular flexibility index (Phi) is 2.06. The van der Waals surface area contributed by atoms with E-state index in [1.807, 2.05) is 19.9 Å². The molecule has 1 aromatic heterocycles. The standard InChI is InChI=1S/C7H12N2O/c1-6-5-7(2)9(8-6)3-4-10/h5,10H,3-4H2,1-2H3. The summed E-state index contributed by atoms with van der Waals surface area (Å²) in [5, 5.41) is 12.7. The van der Waals surface area contributed by atoms with E-state index in [2.05, 4.69) is 5.10 Å². The molecule has 3 heteroatoms. The van der Waals surface area contributed by atoms with Crippen molar-refractivity contribution in [2.75, 3.05) is 6.61 Å². The summed E-state index contributed by atoms with van der Waals surface area (Å²) in [7, 11) is 0. The van der Waals surface area contributed by atoms with Crippen molar-refractivity contribution in [3.05, 3.63) is 17.5 Å². The quantitative estimate of drug-likeness (QED) is 0.649. The molecule has 0 atom stereocenters. The van der Waals surface area contributed by atoms with Crippen LogP contribution in [0.4, 0.5) is 0 Å². The molecule has 1 aromatic rings. The Morgan fingerprint density at radius 3 is 2.70 bits per heavy atom. The van der Waals surface area contributed by atoms with Crippen LogP contribution in [0.3, 0.4) is 0 Å². The summed E-state index contributed by atoms with van der Waals surface area (Å²) in [6.45, 7) is 4.68. The first-order valence-corrected chi connectivity index (χ1v) is 3.36. The van der Waals surface area contributed by atoms with Gasteiger partial charge in [-0.3, -0.25) is 4.68 Å². The molecule has 1 rings (SSSR count). The van der Waals surface area contributed by atoms with E-state index in [0.29, 0.717) is 6.54 Å². The SMILES string of the molecule is Cc1cc(C)n(CCO)n1. The van der Waals surface area contributed by atoms with Crippen LogP contribution in [0.1, 0.15) is 11.4 Å². The normalized spacial score (nSPS) is 10.3. The van der Waals surface area contributed by atoms with Crippen LogP contribution in [0, 0.1) is 13.8 Å². The lowest BCUT2D eigenvalue weighted by molar-refractivity contribution is 0.268. The maximum absolute atomic E-state index is 8.59. The van der Waals surface area contributed by atoms with Gasteiger partial charge in [-0.15, -0.1) is 0 Å². The Morgan fingerprint density at radius 2 is 2.30 bits per heavy atom. The van der Waals surface area contributed by atoms with Crippen LogP contribution in [0.25, 0.3) is 0 Å². The molecule has 0 aliphatic rings. The van der Waals surface area contributed by atoms with Gasteiger partial charge in [-0.2, -0.15) is 5.10 Å². The Morgan fingerprint density at radius 1 is 1.60 bits per heavy atom. The predicted molar refractivity (Wildman–Crippen MR) is 38.8 cm³/mol. The summed E-state index contributed by atoms with van der Waals surface area (Å²) in [5.41, 5.74) is 2.11. The lowest BCUT2D eigenvalue weighted by Gasteiger charge is -1.98. The van der Waals surface area contributed by atoms with Crippen molar-refractivity contribution in [1.82, 2.24) is 9.78 Å². The number of aryl methyl sites for hydroxylation is 2. The van der Waals surface area contributed by atoms with Crippen molar-refractivity contribution < 1.29 is 5.11 Å². The highest BCUT2D eigenvalue weighted by Gasteiger charge is 1.97. The lowest BCUT2D eigenvalue weighted by atomic mass is 10.4. The van der Waals surface area contributed by atoms with Crippen LogP contribution in [-0.4, -0.2) is 21.5 Å². The minimum Gasteiger partial charge on any atom is -0.394 e. The topological polar surface area (TPSA) is 38.0 Å². The number of aliphatic hydroxyl groups excluding tert-OH is 1. The van der Waals surface area contributed by atoms with Crippen molar-refractivity contribution in [3.8, 4) is 0 Å². The van der Waals surface area contributed by atoms with Gasteiger partial charge in [0, 0.05) is 5.69 Å². The molecule has 0 aromatic carbocycles. The van der Waals surface area contributed by atoms with E-state index in [1.165, 1.54) is 0 Å². The van der Waals surface area contributed by atoms with Gasteiger partial charge < -0.3 is 5.11 Å². The predicted octanol–water partition coefficient (Wildman–Crippen LogP) is 0.492. The molecule has 0 aliphatic heterocycles. The van der Waals surface area contributed by atoms with Gasteiger partial charge in [0.1, 0.15) is 0 Å². The van der Waals surface area contributed by atoms with Crippen LogP contribution in [-0.2, 0) is 6.54 Å². The monoisotopic (exact) mass is 140 g/mol. The summed E-state index contributed by atoms with van der Waals surface area (Å²) in [5.74, 6) is 0. The molecular formula is C7H12N2O. The van der Waals surface area contributed by atoms with Crippen LogP contribution in [0.15, 0.2) is 6.07 Å². The van der Waals surface area contributed by atoms with E-state index in [-0.39, 0.29) is 6.61 Å². The molecule has 0 bridgehead atoms. The average molecular weight is 140 g/mol. The van der Waals surface area contributed by atoms with Crippen molar-refractivity contribution in [1.29, 1.82) is 0 Å². The third kappa shape index (κ3) is 1.36. The molecule has 10 heavy (non-hydrogen) atoms. The maximum Gasteiger partial charge on any atom is 0.0643 e. The molecule has 1 heterocycles. The first kappa shape index (κ1) is 7.28. The summed E-state index contributed by atoms with van der Waals surface area (Å²) < 4.78 is 1.80. The molecule has 56 valence electrons. The molecule has 0 saturated heterocycles. The van der Waals surface area contributed by atoms with Crippen LogP contribution in [0.5, 0.6) is 0 Å². The zero-order valence-electron chi connectivity index (χ0n) is 6.33. The zero-order valence-corrected chi connectivity index (χ0v) is 6.33. The van der Waals surface area contributed by atoms with Gasteiger partial charge >= 0.3 is 0 Å². The molecule has 0 aliphatic carbocycles. The average Bonchev–Trinajstić information content (AvgIpc) is 2.13. The van der Waals surface area contributed by atoms with E-state index in [9.17, 15) is 0 Å². The minimum atomic E-state index is 0.155. The fourth-order valence-electron chi connectivity index (χ4n) is 0.996. The Hall–Kier alpha value is -0.830. The van der Waals surface area contributed by atoms with Gasteiger partial charge in [-0.05, 0) is 19.9 Å². The number of rotatable bonds is 2. The van der Waals surface area contributed by atoms with E-state index in [4.69, 9.17) is 5.11 Å². The van der Waals surface area contributed by atoms with Gasteiger partial charge in [0.25, 0.3) is 0 Å². The second-order valence-electron chi connectivity index (χ2n) is 2.37. The summed E-state index contributed by atoms with van der Waals surface area (Å²) >= 11 is 0. The summed E-state index contributed by atoms with van der Waals surface area (Å²) in [6, 6.07) is 2.00. The van der Waals surface area contributed by atoms with Crippen molar-refractivity contribution in [3.63, 3.8) is 0 Å². The second-order valence-corrected chi connectivity index (χ2v) is 2.37. The maximum atomic E-state index is 8.59. The minimum absolute atomic E-state index is 0.155. The number of aliphatic hydroxyl groups is 1.